The summed E-state index contributed by atoms with van der Waals surface area (Å²) in [7, 11) is 0. The minimum absolute atomic E-state index is 0.116. The predicted molar refractivity (Wildman–Crippen MR) is 92.9 cm³/mol. The van der Waals surface area contributed by atoms with Crippen LogP contribution in [0, 0.1) is 12.7 Å². The molecule has 0 bridgehead atoms. The number of halogens is 1. The highest BCUT2D eigenvalue weighted by atomic mass is 19.1. The lowest BCUT2D eigenvalue weighted by molar-refractivity contribution is 0.117. The van der Waals surface area contributed by atoms with Crippen LogP contribution in [0.2, 0.25) is 0 Å². The molecular formula is C19H19FN2O2. The average Bonchev–Trinajstić information content (AvgIpc) is 2.59. The summed E-state index contributed by atoms with van der Waals surface area (Å²) in [5, 5.41) is 14.3. The highest BCUT2D eigenvalue weighted by Gasteiger charge is 2.07. The Morgan fingerprint density at radius 3 is 2.71 bits per heavy atom. The van der Waals surface area contributed by atoms with Gasteiger partial charge in [0.25, 0.3) is 0 Å². The molecule has 24 heavy (non-hydrogen) atoms. The maximum Gasteiger partial charge on any atom is 0.127 e. The number of aryl methyl sites for hydroxylation is 1. The largest absolute Gasteiger partial charge is 0.491 e. The third-order valence-corrected chi connectivity index (χ3v) is 3.70. The number of fused-ring (bicyclic) bond motifs is 1. The molecular weight excluding hydrogens is 307 g/mol. The Bertz CT molecular complexity index is 821. The van der Waals surface area contributed by atoms with Gasteiger partial charge in [0.2, 0.25) is 0 Å². The van der Waals surface area contributed by atoms with Crippen LogP contribution in [-0.2, 0) is 0 Å². The van der Waals surface area contributed by atoms with Crippen molar-refractivity contribution in [2.24, 2.45) is 0 Å². The first-order valence-electron chi connectivity index (χ1n) is 7.78. The van der Waals surface area contributed by atoms with Gasteiger partial charge in [0, 0.05) is 11.9 Å². The minimum Gasteiger partial charge on any atom is -0.491 e. The fraction of sp³-hybridized carbons (Fsp3) is 0.211. The number of aromatic nitrogens is 1. The van der Waals surface area contributed by atoms with E-state index in [9.17, 15) is 9.50 Å². The van der Waals surface area contributed by atoms with E-state index in [4.69, 9.17) is 4.74 Å². The molecule has 0 saturated heterocycles. The third kappa shape index (κ3) is 4.00. The number of hydrogen-bond acceptors (Lipinski definition) is 4. The van der Waals surface area contributed by atoms with Crippen LogP contribution < -0.4 is 10.1 Å². The number of aliphatic hydroxyl groups is 1. The molecule has 0 aliphatic heterocycles. The van der Waals surface area contributed by atoms with E-state index in [2.05, 4.69) is 10.3 Å². The van der Waals surface area contributed by atoms with Crippen molar-refractivity contribution in [3.05, 3.63) is 66.0 Å². The lowest BCUT2D eigenvalue weighted by Crippen LogP contribution is -2.26. The second kappa shape index (κ2) is 7.27. The molecule has 0 aliphatic rings. The Morgan fingerprint density at radius 2 is 1.92 bits per heavy atom. The Balaban J connectivity index is 1.56. The van der Waals surface area contributed by atoms with Crippen molar-refractivity contribution in [3.8, 4) is 5.75 Å². The van der Waals surface area contributed by atoms with Crippen LogP contribution in [0.4, 0.5) is 10.2 Å². The van der Waals surface area contributed by atoms with Gasteiger partial charge < -0.3 is 15.2 Å². The van der Waals surface area contributed by atoms with Gasteiger partial charge in [-0.3, -0.25) is 0 Å². The van der Waals surface area contributed by atoms with Crippen LogP contribution in [0.1, 0.15) is 5.56 Å². The molecule has 1 aromatic heterocycles. The minimum atomic E-state index is -0.705. The monoisotopic (exact) mass is 326 g/mol. The van der Waals surface area contributed by atoms with E-state index < -0.39 is 6.10 Å². The van der Waals surface area contributed by atoms with Gasteiger partial charge in [-0.2, -0.15) is 0 Å². The van der Waals surface area contributed by atoms with Crippen molar-refractivity contribution in [2.75, 3.05) is 18.5 Å². The molecule has 0 aliphatic carbocycles. The van der Waals surface area contributed by atoms with E-state index in [1.54, 1.807) is 0 Å². The summed E-state index contributed by atoms with van der Waals surface area (Å²) in [5.41, 5.74) is 2.04. The topological polar surface area (TPSA) is 54.4 Å². The summed E-state index contributed by atoms with van der Waals surface area (Å²) in [6.45, 7) is 2.46. The normalized spacial score (nSPS) is 12.1. The first-order valence-corrected chi connectivity index (χ1v) is 7.78. The molecule has 2 aromatic carbocycles. The lowest BCUT2D eigenvalue weighted by atomic mass is 10.1. The van der Waals surface area contributed by atoms with Crippen LogP contribution in [0.5, 0.6) is 5.75 Å². The van der Waals surface area contributed by atoms with Crippen LogP contribution >= 0.6 is 0 Å². The van der Waals surface area contributed by atoms with Crippen molar-refractivity contribution in [1.82, 2.24) is 4.98 Å². The summed E-state index contributed by atoms with van der Waals surface area (Å²) < 4.78 is 18.2. The zero-order valence-electron chi connectivity index (χ0n) is 13.4. The van der Waals surface area contributed by atoms with Gasteiger partial charge in [-0.25, -0.2) is 9.37 Å². The number of pyridine rings is 1. The van der Waals surface area contributed by atoms with Gasteiger partial charge in [0.1, 0.15) is 30.1 Å². The first-order chi connectivity index (χ1) is 11.6. The number of rotatable bonds is 6. The maximum atomic E-state index is 12.8. The lowest BCUT2D eigenvalue weighted by Gasteiger charge is -2.14. The standard InChI is InChI=1S/C19H19FN2O2/c1-13-10-19(22-18-5-3-2-4-17(13)18)21-11-15(23)12-24-16-8-6-14(20)7-9-16/h2-10,15,23H,11-12H2,1H3,(H,21,22)/t15-/m1/s1. The second-order valence-electron chi connectivity index (χ2n) is 5.64. The van der Waals surface area contributed by atoms with Crippen LogP contribution in [0.3, 0.4) is 0 Å². The summed E-state index contributed by atoms with van der Waals surface area (Å²) in [6.07, 6.45) is -0.705. The molecule has 0 spiro atoms. The average molecular weight is 326 g/mol. The highest BCUT2D eigenvalue weighted by Crippen LogP contribution is 2.19. The molecule has 3 aromatic rings. The molecule has 1 heterocycles. The number of nitrogens with zero attached hydrogens (tertiary/aromatic N) is 1. The summed E-state index contributed by atoms with van der Waals surface area (Å²) in [5.74, 6) is 0.921. The van der Waals surface area contributed by atoms with E-state index in [1.165, 1.54) is 24.3 Å². The smallest absolute Gasteiger partial charge is 0.127 e. The molecule has 3 rings (SSSR count). The van der Waals surface area contributed by atoms with Crippen LogP contribution in [0.15, 0.2) is 54.6 Å². The van der Waals surface area contributed by atoms with E-state index in [-0.39, 0.29) is 12.4 Å². The number of nitrogens with one attached hydrogen (secondary N) is 1. The molecule has 0 radical (unpaired) electrons. The second-order valence-corrected chi connectivity index (χ2v) is 5.64. The molecule has 0 amide bonds. The number of ether oxygens (including phenoxy) is 1. The summed E-state index contributed by atoms with van der Waals surface area (Å²) in [4.78, 5) is 4.53. The molecule has 2 N–H and O–H groups in total. The summed E-state index contributed by atoms with van der Waals surface area (Å²) >= 11 is 0. The van der Waals surface area contributed by atoms with E-state index >= 15 is 0 Å². The maximum absolute atomic E-state index is 12.8. The van der Waals surface area contributed by atoms with E-state index in [1.807, 2.05) is 37.3 Å². The molecule has 4 nitrogen and oxygen atoms in total. The number of anilines is 1. The van der Waals surface area contributed by atoms with Crippen molar-refractivity contribution in [3.63, 3.8) is 0 Å². The zero-order valence-corrected chi connectivity index (χ0v) is 13.4. The van der Waals surface area contributed by atoms with Gasteiger partial charge in [0.05, 0.1) is 5.52 Å². The fourth-order valence-electron chi connectivity index (χ4n) is 2.44. The number of hydrogen-bond donors (Lipinski definition) is 2. The Morgan fingerprint density at radius 1 is 1.17 bits per heavy atom. The van der Waals surface area contributed by atoms with Crippen LogP contribution in [-0.4, -0.2) is 29.3 Å². The highest BCUT2D eigenvalue weighted by molar-refractivity contribution is 5.83. The molecule has 0 saturated carbocycles. The van der Waals surface area contributed by atoms with E-state index in [0.717, 1.165) is 16.5 Å². The summed E-state index contributed by atoms with van der Waals surface area (Å²) in [6, 6.07) is 15.6. The molecule has 1 atom stereocenters. The van der Waals surface area contributed by atoms with Gasteiger partial charge >= 0.3 is 0 Å². The van der Waals surface area contributed by atoms with Crippen LogP contribution in [0.25, 0.3) is 10.9 Å². The Kier molecular flexibility index (Phi) is 4.91. The van der Waals surface area contributed by atoms with Crippen molar-refractivity contribution in [2.45, 2.75) is 13.0 Å². The van der Waals surface area contributed by atoms with Crippen molar-refractivity contribution in [1.29, 1.82) is 0 Å². The van der Waals surface area contributed by atoms with Gasteiger partial charge in [-0.05, 0) is 48.9 Å². The Hall–Kier alpha value is -2.66. The van der Waals surface area contributed by atoms with Gasteiger partial charge in [-0.1, -0.05) is 18.2 Å². The first kappa shape index (κ1) is 16.2. The van der Waals surface area contributed by atoms with Gasteiger partial charge in [-0.15, -0.1) is 0 Å². The fourth-order valence-corrected chi connectivity index (χ4v) is 2.44. The SMILES string of the molecule is Cc1cc(NC[C@@H](O)COc2ccc(F)cc2)nc2ccccc12. The zero-order chi connectivity index (χ0) is 16.9. The number of aliphatic hydroxyl groups excluding tert-OH is 1. The van der Waals surface area contributed by atoms with Crippen molar-refractivity contribution >= 4 is 16.7 Å². The predicted octanol–water partition coefficient (Wildman–Crippen LogP) is 3.53. The third-order valence-electron chi connectivity index (χ3n) is 3.70. The number of benzene rings is 2. The van der Waals surface area contributed by atoms with Gasteiger partial charge in [0.15, 0.2) is 0 Å². The Labute approximate surface area is 139 Å². The molecule has 0 unspecified atom stereocenters. The van der Waals surface area contributed by atoms with E-state index in [0.29, 0.717) is 18.1 Å². The molecule has 124 valence electrons. The number of para-hydroxylation sites is 1. The quantitative estimate of drug-likeness (QED) is 0.727. The molecule has 0 fully saturated rings. The molecule has 5 heteroatoms. The van der Waals surface area contributed by atoms with Crippen molar-refractivity contribution < 1.29 is 14.2 Å².